The Morgan fingerprint density at radius 2 is 1.90 bits per heavy atom. The maximum Gasteiger partial charge on any atom is 0.302 e. The van der Waals surface area contributed by atoms with Gasteiger partial charge in [-0.15, -0.1) is 0 Å². The average Bonchev–Trinajstić information content (AvgIpc) is 3.26. The van der Waals surface area contributed by atoms with Crippen LogP contribution in [0.25, 0.3) is 0 Å². The van der Waals surface area contributed by atoms with E-state index < -0.39 is 0 Å². The van der Waals surface area contributed by atoms with Gasteiger partial charge in [0.15, 0.2) is 6.29 Å². The zero-order valence-electron chi connectivity index (χ0n) is 26.0. The van der Waals surface area contributed by atoms with Crippen LogP contribution in [0.15, 0.2) is 29.0 Å². The first-order valence-corrected chi connectivity index (χ1v) is 16.0. The molecule has 10 atom stereocenters. The van der Waals surface area contributed by atoms with Crippen LogP contribution in [0.4, 0.5) is 0 Å². The molecule has 5 rings (SSSR count). The van der Waals surface area contributed by atoms with Crippen molar-refractivity contribution in [2.75, 3.05) is 13.2 Å². The highest BCUT2D eigenvalue weighted by atomic mass is 16.7. The van der Waals surface area contributed by atoms with Gasteiger partial charge in [-0.1, -0.05) is 57.5 Å². The third-order valence-corrected chi connectivity index (χ3v) is 11.4. The molecule has 1 heterocycles. The SMILES string of the molecule is CC(=O)OC[C@H]1OC(O[C@H]2CC[C@@]3(C)C(=CCC4C3CC[C@@]3(C)C4CC[C@@H]3/C(C)=N/OCC(C)C)C2)C=C[C@@H]1C. The van der Waals surface area contributed by atoms with E-state index in [0.29, 0.717) is 23.9 Å². The fraction of sp³-hybridized carbons (Fsp3) is 0.824. The highest BCUT2D eigenvalue weighted by Gasteiger charge is 2.59. The van der Waals surface area contributed by atoms with Gasteiger partial charge in [-0.05, 0) is 98.9 Å². The molecule has 0 spiro atoms. The van der Waals surface area contributed by atoms with E-state index in [9.17, 15) is 4.79 Å². The summed E-state index contributed by atoms with van der Waals surface area (Å²) in [5, 5.41) is 4.60. The van der Waals surface area contributed by atoms with Crippen LogP contribution >= 0.6 is 0 Å². The molecule has 3 fully saturated rings. The number of carbonyl (C=O) groups excluding carboxylic acids is 1. The lowest BCUT2D eigenvalue weighted by Crippen LogP contribution is -2.51. The van der Waals surface area contributed by atoms with E-state index in [1.807, 2.05) is 6.08 Å². The second-order valence-electron chi connectivity index (χ2n) is 14.4. The van der Waals surface area contributed by atoms with E-state index in [-0.39, 0.29) is 42.4 Å². The third-order valence-electron chi connectivity index (χ3n) is 11.4. The van der Waals surface area contributed by atoms with E-state index in [1.54, 1.807) is 5.57 Å². The van der Waals surface area contributed by atoms with Crippen molar-refractivity contribution in [3.8, 4) is 0 Å². The van der Waals surface area contributed by atoms with Gasteiger partial charge in [0.25, 0.3) is 0 Å². The van der Waals surface area contributed by atoms with E-state index >= 15 is 0 Å². The van der Waals surface area contributed by atoms with Crippen LogP contribution < -0.4 is 0 Å². The quantitative estimate of drug-likeness (QED) is 0.134. The number of esters is 1. The summed E-state index contributed by atoms with van der Waals surface area (Å²) in [6.07, 6.45) is 16.1. The minimum absolute atomic E-state index is 0.162. The Labute approximate surface area is 242 Å². The van der Waals surface area contributed by atoms with Crippen molar-refractivity contribution < 1.29 is 23.8 Å². The van der Waals surface area contributed by atoms with Crippen molar-refractivity contribution in [2.45, 2.75) is 118 Å². The molecular weight excluding hydrogens is 502 g/mol. The van der Waals surface area contributed by atoms with Crippen molar-refractivity contribution >= 4 is 11.7 Å². The number of nitrogens with zero attached hydrogens (tertiary/aromatic N) is 1. The van der Waals surface area contributed by atoms with E-state index in [1.165, 1.54) is 51.2 Å². The summed E-state index contributed by atoms with van der Waals surface area (Å²) in [4.78, 5) is 17.0. The monoisotopic (exact) mass is 555 g/mol. The predicted octanol–water partition coefficient (Wildman–Crippen LogP) is 7.48. The largest absolute Gasteiger partial charge is 0.463 e. The fourth-order valence-electron chi connectivity index (χ4n) is 9.17. The Kier molecular flexibility index (Phi) is 8.88. The van der Waals surface area contributed by atoms with Gasteiger partial charge in [0.05, 0.1) is 11.8 Å². The van der Waals surface area contributed by atoms with Crippen LogP contribution in [0.5, 0.6) is 0 Å². The summed E-state index contributed by atoms with van der Waals surface area (Å²) < 4.78 is 17.9. The van der Waals surface area contributed by atoms with Gasteiger partial charge in [-0.2, -0.15) is 0 Å². The number of ether oxygens (including phenoxy) is 3. The molecule has 0 N–H and O–H groups in total. The summed E-state index contributed by atoms with van der Waals surface area (Å²) in [5.74, 6) is 3.28. The standard InChI is InChI=1S/C34H53NO5/c1-21(2)19-38-35-23(4)28-11-12-29-27-10-9-25-18-26(14-16-33(25,6)30(27)15-17-34(28,29)7)39-32-13-8-22(3)31(40-32)20-37-24(5)36/h8-9,13,21-22,26-32H,10-12,14-20H2,1-7H3/b35-23+/t22-,26-,27?,28+,29?,30?,31+,32?,33-,34+/m0/s1. The number of carbonyl (C=O) groups is 1. The van der Waals surface area contributed by atoms with E-state index in [2.05, 4.69) is 58.9 Å². The van der Waals surface area contributed by atoms with Gasteiger partial charge in [0, 0.05) is 18.8 Å². The third kappa shape index (κ3) is 5.82. The highest BCUT2D eigenvalue weighted by Crippen LogP contribution is 2.66. The zero-order chi connectivity index (χ0) is 28.7. The van der Waals surface area contributed by atoms with Gasteiger partial charge in [0.2, 0.25) is 0 Å². The summed E-state index contributed by atoms with van der Waals surface area (Å²) in [5.41, 5.74) is 3.44. The van der Waals surface area contributed by atoms with Crippen molar-refractivity contribution in [3.63, 3.8) is 0 Å². The molecule has 0 aromatic heterocycles. The van der Waals surface area contributed by atoms with Gasteiger partial charge in [-0.3, -0.25) is 4.79 Å². The van der Waals surface area contributed by atoms with Crippen LogP contribution in [-0.2, 0) is 23.8 Å². The maximum absolute atomic E-state index is 11.3. The summed E-state index contributed by atoms with van der Waals surface area (Å²) in [6, 6.07) is 0. The van der Waals surface area contributed by atoms with Crippen molar-refractivity contribution in [2.24, 2.45) is 51.5 Å². The molecule has 224 valence electrons. The van der Waals surface area contributed by atoms with Crippen LogP contribution in [0.2, 0.25) is 0 Å². The van der Waals surface area contributed by atoms with Gasteiger partial charge in [-0.25, -0.2) is 0 Å². The molecule has 0 aromatic rings. The molecule has 40 heavy (non-hydrogen) atoms. The Bertz CT molecular complexity index is 1020. The molecule has 4 aliphatic carbocycles. The highest BCUT2D eigenvalue weighted by molar-refractivity contribution is 5.85. The van der Waals surface area contributed by atoms with E-state index in [0.717, 1.165) is 30.6 Å². The number of oxime groups is 1. The second kappa shape index (κ2) is 11.9. The van der Waals surface area contributed by atoms with Gasteiger partial charge in [0.1, 0.15) is 19.3 Å². The molecule has 0 saturated heterocycles. The molecule has 0 bridgehead atoms. The lowest BCUT2D eigenvalue weighted by molar-refractivity contribution is -0.199. The molecular formula is C34H53NO5. The predicted molar refractivity (Wildman–Crippen MR) is 158 cm³/mol. The molecule has 6 nitrogen and oxygen atoms in total. The summed E-state index contributed by atoms with van der Waals surface area (Å²) in [6.45, 7) is 16.2. The van der Waals surface area contributed by atoms with Crippen molar-refractivity contribution in [1.82, 2.24) is 0 Å². The minimum Gasteiger partial charge on any atom is -0.463 e. The van der Waals surface area contributed by atoms with E-state index in [4.69, 9.17) is 19.0 Å². The second-order valence-corrected chi connectivity index (χ2v) is 14.4. The molecule has 4 unspecified atom stereocenters. The molecule has 1 aliphatic heterocycles. The summed E-state index contributed by atoms with van der Waals surface area (Å²) >= 11 is 0. The van der Waals surface area contributed by atoms with Gasteiger partial charge < -0.3 is 19.0 Å². The maximum atomic E-state index is 11.3. The first kappa shape index (κ1) is 29.8. The number of fused-ring (bicyclic) bond motifs is 5. The summed E-state index contributed by atoms with van der Waals surface area (Å²) in [7, 11) is 0. The lowest BCUT2D eigenvalue weighted by atomic mass is 9.47. The van der Waals surface area contributed by atoms with Crippen molar-refractivity contribution in [3.05, 3.63) is 23.8 Å². The Morgan fingerprint density at radius 3 is 2.65 bits per heavy atom. The van der Waals surface area contributed by atoms with Crippen molar-refractivity contribution in [1.29, 1.82) is 0 Å². The number of hydrogen-bond acceptors (Lipinski definition) is 6. The molecule has 6 heteroatoms. The minimum atomic E-state index is -0.372. The normalized spacial score (nSPS) is 43.0. The smallest absolute Gasteiger partial charge is 0.302 e. The van der Waals surface area contributed by atoms with Gasteiger partial charge >= 0.3 is 5.97 Å². The molecule has 3 saturated carbocycles. The fourth-order valence-corrected chi connectivity index (χ4v) is 9.17. The van der Waals surface area contributed by atoms with Crippen LogP contribution in [0, 0.1) is 46.3 Å². The topological polar surface area (TPSA) is 66.4 Å². The first-order chi connectivity index (χ1) is 19.0. The molecule has 0 radical (unpaired) electrons. The Hall–Kier alpha value is -1.66. The Morgan fingerprint density at radius 1 is 1.10 bits per heavy atom. The molecule has 0 aromatic carbocycles. The first-order valence-electron chi connectivity index (χ1n) is 16.0. The molecule has 0 amide bonds. The van der Waals surface area contributed by atoms with Crippen LogP contribution in [-0.4, -0.2) is 43.4 Å². The number of rotatable bonds is 8. The zero-order valence-corrected chi connectivity index (χ0v) is 26.0. The Balaban J connectivity index is 1.22. The van der Waals surface area contributed by atoms with Crippen LogP contribution in [0.1, 0.15) is 99.8 Å². The number of allylic oxidation sites excluding steroid dienone is 1. The van der Waals surface area contributed by atoms with Crippen LogP contribution in [0.3, 0.4) is 0 Å². The number of hydrogen-bond donors (Lipinski definition) is 0. The lowest BCUT2D eigenvalue weighted by Gasteiger charge is -2.58. The average molecular weight is 556 g/mol. The molecule has 5 aliphatic rings.